The van der Waals surface area contributed by atoms with Gasteiger partial charge in [0.25, 0.3) is 0 Å². The Labute approximate surface area is 106 Å². The third kappa shape index (κ3) is 3.11. The van der Waals surface area contributed by atoms with Crippen LogP contribution in [0.25, 0.3) is 10.6 Å². The van der Waals surface area contributed by atoms with Crippen molar-refractivity contribution in [2.75, 3.05) is 6.54 Å². The molecule has 4 heteroatoms. The van der Waals surface area contributed by atoms with Gasteiger partial charge in [-0.2, -0.15) is 0 Å². The number of hydrogen-bond donors (Lipinski definition) is 1. The Hall–Kier alpha value is -1.26. The van der Waals surface area contributed by atoms with Gasteiger partial charge in [-0.3, -0.25) is 0 Å². The Balaban J connectivity index is 2.12. The molecule has 2 aromatic rings. The molecule has 0 atom stereocenters. The summed E-state index contributed by atoms with van der Waals surface area (Å²) >= 11 is 1.66. The minimum absolute atomic E-state index is 0.708. The molecule has 1 aromatic heterocycles. The average Bonchev–Trinajstić information content (AvgIpc) is 2.85. The second kappa shape index (κ2) is 5.89. The first-order valence-corrected chi connectivity index (χ1v) is 6.77. The van der Waals surface area contributed by atoms with E-state index in [9.17, 15) is 0 Å². The summed E-state index contributed by atoms with van der Waals surface area (Å²) in [6.45, 7) is 2.87. The predicted molar refractivity (Wildman–Crippen MR) is 72.1 cm³/mol. The van der Waals surface area contributed by atoms with Gasteiger partial charge in [0.05, 0.1) is 0 Å². The molecule has 0 radical (unpaired) electrons. The van der Waals surface area contributed by atoms with Crippen LogP contribution in [0.15, 0.2) is 24.3 Å². The zero-order valence-corrected chi connectivity index (χ0v) is 10.8. The van der Waals surface area contributed by atoms with Crippen molar-refractivity contribution < 1.29 is 0 Å². The van der Waals surface area contributed by atoms with Crippen molar-refractivity contribution in [2.45, 2.75) is 26.2 Å². The molecule has 90 valence electrons. The maximum Gasteiger partial charge on any atom is 0.147 e. The minimum atomic E-state index is 0.708. The monoisotopic (exact) mass is 247 g/mol. The van der Waals surface area contributed by atoms with Gasteiger partial charge in [-0.25, -0.2) is 0 Å². The lowest BCUT2D eigenvalue weighted by molar-refractivity contribution is 0.812. The fraction of sp³-hybridized carbons (Fsp3) is 0.385. The summed E-state index contributed by atoms with van der Waals surface area (Å²) in [6.07, 6.45) is 2.97. The second-order valence-corrected chi connectivity index (χ2v) is 5.01. The smallest absolute Gasteiger partial charge is 0.147 e. The van der Waals surface area contributed by atoms with Crippen molar-refractivity contribution in [1.82, 2.24) is 10.2 Å². The summed E-state index contributed by atoms with van der Waals surface area (Å²) in [7, 11) is 0. The summed E-state index contributed by atoms with van der Waals surface area (Å²) < 4.78 is 0. The third-order valence-corrected chi connectivity index (χ3v) is 3.70. The zero-order chi connectivity index (χ0) is 12.1. The van der Waals surface area contributed by atoms with E-state index < -0.39 is 0 Å². The molecule has 17 heavy (non-hydrogen) atoms. The van der Waals surface area contributed by atoms with Gasteiger partial charge in [0, 0.05) is 12.0 Å². The molecule has 2 rings (SSSR count). The van der Waals surface area contributed by atoms with Crippen molar-refractivity contribution in [1.29, 1.82) is 0 Å². The molecular formula is C13H17N3S. The summed E-state index contributed by atoms with van der Waals surface area (Å²) in [5.74, 6) is 0. The van der Waals surface area contributed by atoms with Crippen LogP contribution in [-0.2, 0) is 12.8 Å². The molecule has 1 heterocycles. The maximum absolute atomic E-state index is 5.48. The lowest BCUT2D eigenvalue weighted by atomic mass is 10.1. The Bertz CT molecular complexity index is 462. The lowest BCUT2D eigenvalue weighted by Crippen LogP contribution is -1.99. The van der Waals surface area contributed by atoms with Crippen LogP contribution in [0.5, 0.6) is 0 Å². The van der Waals surface area contributed by atoms with Crippen LogP contribution in [0, 0.1) is 0 Å². The molecule has 0 bridgehead atoms. The summed E-state index contributed by atoms with van der Waals surface area (Å²) in [5.41, 5.74) is 7.98. The van der Waals surface area contributed by atoms with Gasteiger partial charge in [-0.1, -0.05) is 42.5 Å². The molecule has 0 fully saturated rings. The third-order valence-electron chi connectivity index (χ3n) is 2.67. The number of rotatable bonds is 5. The molecule has 1 aromatic carbocycles. The molecule has 0 amide bonds. The first-order chi connectivity index (χ1) is 8.33. The van der Waals surface area contributed by atoms with Crippen LogP contribution in [0.3, 0.4) is 0 Å². The van der Waals surface area contributed by atoms with E-state index in [1.54, 1.807) is 11.3 Å². The highest BCUT2D eigenvalue weighted by Crippen LogP contribution is 2.24. The molecule has 0 aliphatic carbocycles. The van der Waals surface area contributed by atoms with E-state index >= 15 is 0 Å². The first kappa shape index (κ1) is 12.2. The molecule has 2 N–H and O–H groups in total. The number of aryl methyl sites for hydroxylation is 2. The predicted octanol–water partition coefficient (Wildman–Crippen LogP) is 2.66. The Morgan fingerprint density at radius 1 is 1.18 bits per heavy atom. The van der Waals surface area contributed by atoms with Crippen molar-refractivity contribution in [3.05, 3.63) is 34.8 Å². The van der Waals surface area contributed by atoms with E-state index in [4.69, 9.17) is 5.73 Å². The van der Waals surface area contributed by atoms with Crippen molar-refractivity contribution >= 4 is 11.3 Å². The maximum atomic E-state index is 5.48. The standard InChI is InChI=1S/C13H17N3S/c1-2-10-5-7-11(8-6-10)13-16-15-12(17-13)4-3-9-14/h5-8H,2-4,9,14H2,1H3. The van der Waals surface area contributed by atoms with Gasteiger partial charge in [0.2, 0.25) is 0 Å². The van der Waals surface area contributed by atoms with E-state index in [0.717, 1.165) is 34.8 Å². The number of aromatic nitrogens is 2. The topological polar surface area (TPSA) is 51.8 Å². The largest absolute Gasteiger partial charge is 0.330 e. The highest BCUT2D eigenvalue weighted by molar-refractivity contribution is 7.14. The van der Waals surface area contributed by atoms with Crippen LogP contribution >= 0.6 is 11.3 Å². The van der Waals surface area contributed by atoms with Crippen LogP contribution in [-0.4, -0.2) is 16.7 Å². The number of nitrogens with zero attached hydrogens (tertiary/aromatic N) is 2. The van der Waals surface area contributed by atoms with Crippen LogP contribution < -0.4 is 5.73 Å². The Morgan fingerprint density at radius 3 is 2.59 bits per heavy atom. The minimum Gasteiger partial charge on any atom is -0.330 e. The highest BCUT2D eigenvalue weighted by atomic mass is 32.1. The zero-order valence-electron chi connectivity index (χ0n) is 10.0. The van der Waals surface area contributed by atoms with Gasteiger partial charge < -0.3 is 5.73 Å². The van der Waals surface area contributed by atoms with Gasteiger partial charge >= 0.3 is 0 Å². The SMILES string of the molecule is CCc1ccc(-c2nnc(CCCN)s2)cc1. The molecule has 0 saturated carbocycles. The van der Waals surface area contributed by atoms with E-state index in [1.807, 2.05) is 0 Å². The Morgan fingerprint density at radius 2 is 1.94 bits per heavy atom. The second-order valence-electron chi connectivity index (χ2n) is 3.94. The molecule has 0 unspecified atom stereocenters. The van der Waals surface area contributed by atoms with Gasteiger partial charge in [-0.05, 0) is 24.9 Å². The summed E-state index contributed by atoms with van der Waals surface area (Å²) in [5, 5.41) is 10.5. The fourth-order valence-corrected chi connectivity index (χ4v) is 2.49. The fourth-order valence-electron chi connectivity index (χ4n) is 1.61. The van der Waals surface area contributed by atoms with E-state index in [2.05, 4.69) is 41.4 Å². The van der Waals surface area contributed by atoms with Gasteiger partial charge in [0.1, 0.15) is 10.0 Å². The van der Waals surface area contributed by atoms with Gasteiger partial charge in [-0.15, -0.1) is 10.2 Å². The van der Waals surface area contributed by atoms with Crippen LogP contribution in [0.2, 0.25) is 0 Å². The Kier molecular flexibility index (Phi) is 4.23. The molecule has 0 aliphatic heterocycles. The van der Waals surface area contributed by atoms with Crippen molar-refractivity contribution in [3.63, 3.8) is 0 Å². The van der Waals surface area contributed by atoms with Crippen LogP contribution in [0.4, 0.5) is 0 Å². The van der Waals surface area contributed by atoms with Crippen molar-refractivity contribution in [3.8, 4) is 10.6 Å². The number of hydrogen-bond acceptors (Lipinski definition) is 4. The molecule has 0 saturated heterocycles. The molecule has 0 spiro atoms. The number of nitrogens with two attached hydrogens (primary N) is 1. The highest BCUT2D eigenvalue weighted by Gasteiger charge is 2.05. The summed E-state index contributed by atoms with van der Waals surface area (Å²) in [4.78, 5) is 0. The molecule has 3 nitrogen and oxygen atoms in total. The molecule has 0 aliphatic rings. The van der Waals surface area contributed by atoms with Crippen LogP contribution in [0.1, 0.15) is 23.9 Å². The van der Waals surface area contributed by atoms with Gasteiger partial charge in [0.15, 0.2) is 0 Å². The average molecular weight is 247 g/mol. The number of benzene rings is 1. The quantitative estimate of drug-likeness (QED) is 0.883. The first-order valence-electron chi connectivity index (χ1n) is 5.95. The lowest BCUT2D eigenvalue weighted by Gasteiger charge is -1.97. The van der Waals surface area contributed by atoms with E-state index in [0.29, 0.717) is 6.54 Å². The van der Waals surface area contributed by atoms with E-state index in [-0.39, 0.29) is 0 Å². The van der Waals surface area contributed by atoms with Crippen molar-refractivity contribution in [2.24, 2.45) is 5.73 Å². The molecular weight excluding hydrogens is 230 g/mol. The normalized spacial score (nSPS) is 10.7. The van der Waals surface area contributed by atoms with E-state index in [1.165, 1.54) is 5.56 Å². The summed E-state index contributed by atoms with van der Waals surface area (Å²) in [6, 6.07) is 8.53.